The number of carbonyl (C=O) groups is 1. The minimum Gasteiger partial charge on any atom is -0.394 e. The van der Waals surface area contributed by atoms with Crippen LogP contribution >= 0.6 is 0 Å². The topological polar surface area (TPSA) is 307 Å². The Balaban J connectivity index is 1.41. The summed E-state index contributed by atoms with van der Waals surface area (Å²) in [5.74, 6) is -0.235. The molecule has 528 valence electrons. The van der Waals surface area contributed by atoms with Gasteiger partial charge in [0.1, 0.15) is 73.2 Å². The van der Waals surface area contributed by atoms with Crippen molar-refractivity contribution in [3.05, 3.63) is 0 Å². The highest BCUT2D eigenvalue weighted by molar-refractivity contribution is 5.76. The minimum absolute atomic E-state index is 0.235. The van der Waals surface area contributed by atoms with Crippen LogP contribution in [-0.4, -0.2) is 193 Å². The van der Waals surface area contributed by atoms with Gasteiger partial charge < -0.3 is 89.9 Å². The minimum atomic E-state index is -1.97. The van der Waals surface area contributed by atoms with Crippen LogP contribution in [0.3, 0.4) is 0 Å². The van der Waals surface area contributed by atoms with E-state index >= 15 is 0 Å². The first kappa shape index (κ1) is 82.0. The van der Waals surface area contributed by atoms with E-state index in [1.54, 1.807) is 0 Å². The third kappa shape index (κ3) is 34.9. The first-order chi connectivity index (χ1) is 43.3. The molecule has 3 heterocycles. The lowest BCUT2D eigenvalue weighted by atomic mass is 9.96. The van der Waals surface area contributed by atoms with Gasteiger partial charge in [-0.25, -0.2) is 0 Å². The van der Waals surface area contributed by atoms with Gasteiger partial charge in [-0.1, -0.05) is 290 Å². The zero-order chi connectivity index (χ0) is 64.7. The largest absolute Gasteiger partial charge is 0.394 e. The number of nitrogens with one attached hydrogen (secondary N) is 1. The van der Waals surface area contributed by atoms with Crippen molar-refractivity contribution in [2.45, 2.75) is 413 Å². The second-order valence-corrected chi connectivity index (χ2v) is 26.8. The molecule has 17 unspecified atom stereocenters. The molecular formula is C70H135NO18. The van der Waals surface area contributed by atoms with Crippen LogP contribution in [0.25, 0.3) is 0 Å². The van der Waals surface area contributed by atoms with Crippen LogP contribution in [0, 0.1) is 0 Å². The SMILES string of the molecule is CCCCCCCCCCCCCCCCCCCCCCCCCCCC(O)C(COC1OC(CO)C(OC2OC(CO)C(OC3OC(CO)C(O)C(O)C3O)C(O)C2O)C(O)C1O)NC(=O)CCCCCCCCCCCCCCCCCCCCC. The molecule has 3 rings (SSSR count). The average molecular weight is 1280 g/mol. The van der Waals surface area contributed by atoms with Gasteiger partial charge in [-0.05, 0) is 12.8 Å². The lowest BCUT2D eigenvalue weighted by molar-refractivity contribution is -0.379. The average Bonchev–Trinajstić information content (AvgIpc) is 1.92. The lowest BCUT2D eigenvalue weighted by Crippen LogP contribution is -2.66. The Morgan fingerprint density at radius 3 is 0.978 bits per heavy atom. The van der Waals surface area contributed by atoms with Crippen molar-refractivity contribution >= 4 is 5.91 Å². The summed E-state index contributed by atoms with van der Waals surface area (Å²) in [4.78, 5) is 13.4. The van der Waals surface area contributed by atoms with E-state index in [4.69, 9.17) is 28.4 Å². The van der Waals surface area contributed by atoms with E-state index in [0.717, 1.165) is 44.9 Å². The molecule has 3 fully saturated rings. The molecule has 12 N–H and O–H groups in total. The molecule has 0 bridgehead atoms. The number of hydrogen-bond donors (Lipinski definition) is 12. The number of aliphatic hydroxyl groups is 11. The first-order valence-electron chi connectivity index (χ1n) is 36.8. The van der Waals surface area contributed by atoms with E-state index in [-0.39, 0.29) is 18.9 Å². The van der Waals surface area contributed by atoms with Crippen LogP contribution in [0.1, 0.15) is 309 Å². The summed E-state index contributed by atoms with van der Waals surface area (Å²) in [5, 5.41) is 121. The van der Waals surface area contributed by atoms with E-state index < -0.39 is 124 Å². The van der Waals surface area contributed by atoms with Gasteiger partial charge in [0.2, 0.25) is 5.91 Å². The molecule has 19 nitrogen and oxygen atoms in total. The number of aliphatic hydroxyl groups excluding tert-OH is 11. The number of unbranched alkanes of at least 4 members (excludes halogenated alkanes) is 42. The van der Waals surface area contributed by atoms with Crippen molar-refractivity contribution in [2.24, 2.45) is 0 Å². The fraction of sp³-hybridized carbons (Fsp3) is 0.986. The Bertz CT molecular complexity index is 1620. The van der Waals surface area contributed by atoms with Crippen molar-refractivity contribution in [3.8, 4) is 0 Å². The van der Waals surface area contributed by atoms with Crippen LogP contribution in [0.4, 0.5) is 0 Å². The highest BCUT2D eigenvalue weighted by Crippen LogP contribution is 2.33. The van der Waals surface area contributed by atoms with Crippen LogP contribution in [-0.2, 0) is 33.2 Å². The monoisotopic (exact) mass is 1280 g/mol. The Labute approximate surface area is 538 Å². The third-order valence-corrected chi connectivity index (χ3v) is 18.9. The summed E-state index contributed by atoms with van der Waals surface area (Å²) in [6, 6.07) is -0.882. The predicted octanol–water partition coefficient (Wildman–Crippen LogP) is 10.3. The molecule has 3 saturated heterocycles. The summed E-state index contributed by atoms with van der Waals surface area (Å²) in [6.07, 6.45) is 30.4. The molecule has 0 saturated carbocycles. The van der Waals surface area contributed by atoms with Gasteiger partial charge in [0.25, 0.3) is 0 Å². The molecule has 0 aromatic carbocycles. The Kier molecular flexibility index (Phi) is 48.8. The molecule has 89 heavy (non-hydrogen) atoms. The van der Waals surface area contributed by atoms with Gasteiger partial charge in [0, 0.05) is 6.42 Å². The van der Waals surface area contributed by atoms with Crippen LogP contribution in [0.2, 0.25) is 0 Å². The molecule has 0 aromatic rings. The van der Waals surface area contributed by atoms with E-state index in [1.807, 2.05) is 0 Å². The van der Waals surface area contributed by atoms with Crippen molar-refractivity contribution in [1.82, 2.24) is 5.32 Å². The molecule has 3 aliphatic heterocycles. The number of ether oxygens (including phenoxy) is 6. The third-order valence-electron chi connectivity index (χ3n) is 18.9. The molecule has 0 aromatic heterocycles. The van der Waals surface area contributed by atoms with E-state index in [1.165, 1.54) is 231 Å². The molecule has 0 aliphatic carbocycles. The van der Waals surface area contributed by atoms with Gasteiger partial charge in [0.15, 0.2) is 18.9 Å². The summed E-state index contributed by atoms with van der Waals surface area (Å²) in [5.41, 5.74) is 0. The Morgan fingerprint density at radius 2 is 0.640 bits per heavy atom. The van der Waals surface area contributed by atoms with Gasteiger partial charge >= 0.3 is 0 Å². The van der Waals surface area contributed by atoms with Crippen LogP contribution in [0.5, 0.6) is 0 Å². The maximum Gasteiger partial charge on any atom is 0.220 e. The van der Waals surface area contributed by atoms with Crippen molar-refractivity contribution in [3.63, 3.8) is 0 Å². The molecule has 17 atom stereocenters. The summed E-state index contributed by atoms with van der Waals surface area (Å²) in [6.45, 7) is 1.86. The van der Waals surface area contributed by atoms with Crippen molar-refractivity contribution < 1.29 is 89.4 Å². The fourth-order valence-electron chi connectivity index (χ4n) is 13.0. The number of carbonyl (C=O) groups excluding carboxylic acids is 1. The molecule has 19 heteroatoms. The normalized spacial score (nSPS) is 28.1. The van der Waals surface area contributed by atoms with E-state index in [0.29, 0.717) is 12.8 Å². The molecule has 0 spiro atoms. The maximum absolute atomic E-state index is 13.4. The van der Waals surface area contributed by atoms with Gasteiger partial charge in [0.05, 0.1) is 38.6 Å². The summed E-state index contributed by atoms with van der Waals surface area (Å²) in [7, 11) is 0. The fourth-order valence-corrected chi connectivity index (χ4v) is 13.0. The van der Waals surface area contributed by atoms with E-state index in [9.17, 15) is 61.0 Å². The summed E-state index contributed by atoms with van der Waals surface area (Å²) >= 11 is 0. The number of amides is 1. The first-order valence-corrected chi connectivity index (χ1v) is 36.8. The molecule has 0 radical (unpaired) electrons. The maximum atomic E-state index is 13.4. The second-order valence-electron chi connectivity index (χ2n) is 26.8. The lowest BCUT2D eigenvalue weighted by Gasteiger charge is -2.48. The number of hydrogen-bond acceptors (Lipinski definition) is 18. The molecule has 3 aliphatic rings. The van der Waals surface area contributed by atoms with Crippen LogP contribution in [0.15, 0.2) is 0 Å². The van der Waals surface area contributed by atoms with Gasteiger partial charge in [-0.15, -0.1) is 0 Å². The standard InChI is InChI=1S/C70H135NO18/c1-3-5-7-9-11-13-15-17-19-21-23-24-25-26-27-28-30-31-33-35-37-39-41-43-45-47-54(75)53(71-58(76)48-46-44-42-40-38-36-34-32-29-22-20-18-16-14-12-10-8-6-4-2)52-84-68-64(82)61(79)66(56(50-73)86-68)89-70-65(83)62(80)67(57(51-74)87-70)88-69-63(81)60(78)59(77)55(49-72)85-69/h53-57,59-70,72-75,77-83H,3-52H2,1-2H3,(H,71,76). The smallest absolute Gasteiger partial charge is 0.220 e. The number of rotatable bonds is 58. The van der Waals surface area contributed by atoms with Crippen molar-refractivity contribution in [2.75, 3.05) is 26.4 Å². The highest BCUT2D eigenvalue weighted by Gasteiger charge is 2.53. The zero-order valence-corrected chi connectivity index (χ0v) is 55.9. The zero-order valence-electron chi connectivity index (χ0n) is 55.9. The van der Waals surface area contributed by atoms with Crippen LogP contribution < -0.4 is 5.32 Å². The van der Waals surface area contributed by atoms with E-state index in [2.05, 4.69) is 19.2 Å². The molecule has 1 amide bonds. The van der Waals surface area contributed by atoms with Gasteiger partial charge in [-0.2, -0.15) is 0 Å². The van der Waals surface area contributed by atoms with Crippen molar-refractivity contribution in [1.29, 1.82) is 0 Å². The Morgan fingerprint density at radius 1 is 0.360 bits per heavy atom. The van der Waals surface area contributed by atoms with Gasteiger partial charge in [-0.3, -0.25) is 4.79 Å². The Hall–Kier alpha value is -1.21. The highest BCUT2D eigenvalue weighted by atomic mass is 16.8. The predicted molar refractivity (Wildman–Crippen MR) is 347 cm³/mol. The summed E-state index contributed by atoms with van der Waals surface area (Å²) < 4.78 is 34.5. The molecular weight excluding hydrogens is 1140 g/mol. The quantitative estimate of drug-likeness (QED) is 0.0252. The second kappa shape index (κ2) is 53.0.